The van der Waals surface area contributed by atoms with Gasteiger partial charge in [-0.2, -0.15) is 4.31 Å². The number of carbonyl (C=O) groups is 1. The van der Waals surface area contributed by atoms with Crippen LogP contribution in [0.1, 0.15) is 19.8 Å². The van der Waals surface area contributed by atoms with Gasteiger partial charge in [0, 0.05) is 23.8 Å². The molecule has 0 bridgehead atoms. The Labute approximate surface area is 196 Å². The fourth-order valence-electron chi connectivity index (χ4n) is 3.35. The van der Waals surface area contributed by atoms with Crippen molar-refractivity contribution in [3.63, 3.8) is 0 Å². The molecule has 1 N–H and O–H groups in total. The molecule has 0 saturated carbocycles. The maximum atomic E-state index is 12.7. The summed E-state index contributed by atoms with van der Waals surface area (Å²) in [5, 5.41) is 11.6. The van der Waals surface area contributed by atoms with E-state index < -0.39 is 15.3 Å². The van der Waals surface area contributed by atoms with Crippen molar-refractivity contribution in [3.05, 3.63) is 59.9 Å². The lowest BCUT2D eigenvalue weighted by molar-refractivity contribution is -0.115. The molecule has 1 aliphatic rings. The van der Waals surface area contributed by atoms with Gasteiger partial charge in [-0.05, 0) is 62.2 Å². The van der Waals surface area contributed by atoms with E-state index in [4.69, 9.17) is 11.6 Å². The number of benzene rings is 2. The van der Waals surface area contributed by atoms with Crippen molar-refractivity contribution in [2.75, 3.05) is 18.4 Å². The molecule has 0 spiro atoms. The lowest BCUT2D eigenvalue weighted by Crippen LogP contribution is -2.27. The van der Waals surface area contributed by atoms with Crippen LogP contribution in [0, 0.1) is 0 Å². The third-order valence-corrected chi connectivity index (χ3v) is 8.28. The molecule has 11 heteroatoms. The Morgan fingerprint density at radius 2 is 1.88 bits per heavy atom. The monoisotopic (exact) mass is 491 g/mol. The summed E-state index contributed by atoms with van der Waals surface area (Å²) < 4.78 is 28.5. The number of nitrogens with zero attached hydrogens (tertiary/aromatic N) is 4. The Kier molecular flexibility index (Phi) is 6.85. The Morgan fingerprint density at radius 3 is 2.56 bits per heavy atom. The number of aromatic nitrogens is 3. The fraction of sp³-hybridized carbons (Fsp3) is 0.286. The van der Waals surface area contributed by atoms with Gasteiger partial charge in [-0.25, -0.2) is 8.42 Å². The van der Waals surface area contributed by atoms with Gasteiger partial charge in [-0.15, -0.1) is 10.2 Å². The molecule has 0 radical (unpaired) electrons. The third kappa shape index (κ3) is 4.98. The van der Waals surface area contributed by atoms with Crippen LogP contribution >= 0.6 is 23.4 Å². The molecule has 2 aromatic carbocycles. The minimum absolute atomic E-state index is 0.231. The van der Waals surface area contributed by atoms with Crippen LogP contribution < -0.4 is 5.32 Å². The lowest BCUT2D eigenvalue weighted by Gasteiger charge is -2.16. The first-order valence-electron chi connectivity index (χ1n) is 10.1. The number of halogens is 1. The summed E-state index contributed by atoms with van der Waals surface area (Å²) in [5.41, 5.74) is 1.33. The second kappa shape index (κ2) is 9.62. The molecule has 1 fully saturated rings. The highest BCUT2D eigenvalue weighted by atomic mass is 35.5. The van der Waals surface area contributed by atoms with Crippen LogP contribution in [0.25, 0.3) is 5.69 Å². The van der Waals surface area contributed by atoms with Crippen LogP contribution in [0.2, 0.25) is 5.02 Å². The number of amides is 1. The first-order chi connectivity index (χ1) is 15.3. The number of rotatable bonds is 7. The normalized spacial score (nSPS) is 15.6. The number of carbonyl (C=O) groups excluding carboxylic acids is 1. The van der Waals surface area contributed by atoms with Gasteiger partial charge < -0.3 is 5.32 Å². The van der Waals surface area contributed by atoms with Gasteiger partial charge in [-0.1, -0.05) is 29.4 Å². The largest absolute Gasteiger partial charge is 0.325 e. The molecule has 1 atom stereocenters. The SMILES string of the molecule is CC(Sc1nncn1-c1cccc(Cl)c1)C(=O)Nc1ccc(S(=O)(=O)N2CCCC2)cc1. The van der Waals surface area contributed by atoms with Gasteiger partial charge in [-0.3, -0.25) is 9.36 Å². The molecule has 1 saturated heterocycles. The second-order valence-electron chi connectivity index (χ2n) is 7.35. The maximum Gasteiger partial charge on any atom is 0.243 e. The predicted molar refractivity (Wildman–Crippen MR) is 125 cm³/mol. The molecule has 1 unspecified atom stereocenters. The molecule has 4 rings (SSSR count). The molecule has 32 heavy (non-hydrogen) atoms. The average Bonchev–Trinajstić information content (AvgIpc) is 3.47. The van der Waals surface area contributed by atoms with Crippen LogP contribution in [0.4, 0.5) is 5.69 Å². The van der Waals surface area contributed by atoms with E-state index in [9.17, 15) is 13.2 Å². The molecule has 1 aromatic heterocycles. The molecule has 1 aliphatic heterocycles. The summed E-state index contributed by atoms with van der Waals surface area (Å²) in [6, 6.07) is 13.5. The molecule has 2 heterocycles. The van der Waals surface area contributed by atoms with Gasteiger partial charge in [0.05, 0.1) is 15.8 Å². The zero-order chi connectivity index (χ0) is 22.7. The highest BCUT2D eigenvalue weighted by Crippen LogP contribution is 2.26. The van der Waals surface area contributed by atoms with Crippen LogP contribution in [-0.2, 0) is 14.8 Å². The minimum Gasteiger partial charge on any atom is -0.325 e. The lowest BCUT2D eigenvalue weighted by atomic mass is 10.3. The summed E-state index contributed by atoms with van der Waals surface area (Å²) in [6.45, 7) is 2.87. The molecule has 8 nitrogen and oxygen atoms in total. The number of sulfonamides is 1. The van der Waals surface area contributed by atoms with Crippen molar-refractivity contribution >= 4 is 45.0 Å². The van der Waals surface area contributed by atoms with Crippen LogP contribution in [0.15, 0.2) is 64.9 Å². The van der Waals surface area contributed by atoms with Gasteiger partial charge in [0.25, 0.3) is 0 Å². The van der Waals surface area contributed by atoms with Gasteiger partial charge in [0.2, 0.25) is 15.9 Å². The van der Waals surface area contributed by atoms with Crippen molar-refractivity contribution < 1.29 is 13.2 Å². The van der Waals surface area contributed by atoms with E-state index in [-0.39, 0.29) is 10.8 Å². The van der Waals surface area contributed by atoms with E-state index in [1.807, 2.05) is 12.1 Å². The Balaban J connectivity index is 1.41. The summed E-state index contributed by atoms with van der Waals surface area (Å²) in [7, 11) is -3.48. The Hall–Kier alpha value is -2.40. The van der Waals surface area contributed by atoms with E-state index in [0.29, 0.717) is 29.0 Å². The molecular formula is C21H22ClN5O3S2. The van der Waals surface area contributed by atoms with Crippen molar-refractivity contribution in [2.24, 2.45) is 0 Å². The topological polar surface area (TPSA) is 97.2 Å². The minimum atomic E-state index is -3.48. The number of hydrogen-bond donors (Lipinski definition) is 1. The average molecular weight is 492 g/mol. The van der Waals surface area contributed by atoms with Gasteiger partial charge >= 0.3 is 0 Å². The number of nitrogens with one attached hydrogen (secondary N) is 1. The first-order valence-corrected chi connectivity index (χ1v) is 12.8. The molecular weight excluding hydrogens is 470 g/mol. The third-order valence-electron chi connectivity index (χ3n) is 5.08. The van der Waals surface area contributed by atoms with Crippen molar-refractivity contribution in [2.45, 2.75) is 35.1 Å². The summed E-state index contributed by atoms with van der Waals surface area (Å²) in [4.78, 5) is 12.9. The summed E-state index contributed by atoms with van der Waals surface area (Å²) in [6.07, 6.45) is 3.33. The number of hydrogen-bond acceptors (Lipinski definition) is 6. The number of anilines is 1. The molecule has 3 aromatic rings. The zero-order valence-corrected chi connectivity index (χ0v) is 19.7. The van der Waals surface area contributed by atoms with E-state index >= 15 is 0 Å². The summed E-state index contributed by atoms with van der Waals surface area (Å²) >= 11 is 7.33. The van der Waals surface area contributed by atoms with E-state index in [1.165, 1.54) is 28.2 Å². The second-order valence-corrected chi connectivity index (χ2v) is 11.0. The van der Waals surface area contributed by atoms with Crippen LogP contribution in [-0.4, -0.2) is 51.7 Å². The fourth-order valence-corrected chi connectivity index (χ4v) is 5.90. The van der Waals surface area contributed by atoms with E-state index in [0.717, 1.165) is 18.5 Å². The van der Waals surface area contributed by atoms with Gasteiger partial charge in [0.15, 0.2) is 5.16 Å². The van der Waals surface area contributed by atoms with Crippen LogP contribution in [0.5, 0.6) is 0 Å². The maximum absolute atomic E-state index is 12.7. The van der Waals surface area contributed by atoms with Crippen LogP contribution in [0.3, 0.4) is 0 Å². The molecule has 168 valence electrons. The smallest absolute Gasteiger partial charge is 0.243 e. The Bertz CT molecular complexity index is 1210. The summed E-state index contributed by atoms with van der Waals surface area (Å²) in [5.74, 6) is -0.231. The standard InChI is InChI=1S/C21H22ClN5O3S2/c1-15(31-21-25-23-14-27(21)18-6-4-5-16(22)13-18)20(28)24-17-7-9-19(10-8-17)32(29,30)26-11-2-3-12-26/h4-10,13-15H,2-3,11-12H2,1H3,(H,24,28). The predicted octanol–water partition coefficient (Wildman–Crippen LogP) is 3.82. The molecule has 1 amide bonds. The van der Waals surface area contributed by atoms with Crippen molar-refractivity contribution in [1.82, 2.24) is 19.1 Å². The zero-order valence-electron chi connectivity index (χ0n) is 17.3. The first kappa shape index (κ1) is 22.8. The Morgan fingerprint density at radius 1 is 1.16 bits per heavy atom. The highest BCUT2D eigenvalue weighted by Gasteiger charge is 2.27. The van der Waals surface area contributed by atoms with Crippen molar-refractivity contribution in [3.8, 4) is 5.69 Å². The highest BCUT2D eigenvalue weighted by molar-refractivity contribution is 8.00. The number of thioether (sulfide) groups is 1. The van der Waals surface area contributed by atoms with E-state index in [2.05, 4.69) is 15.5 Å². The van der Waals surface area contributed by atoms with Gasteiger partial charge in [0.1, 0.15) is 6.33 Å². The van der Waals surface area contributed by atoms with E-state index in [1.54, 1.807) is 42.1 Å². The van der Waals surface area contributed by atoms with Crippen molar-refractivity contribution in [1.29, 1.82) is 0 Å². The quantitative estimate of drug-likeness (QED) is 0.504. The molecule has 0 aliphatic carbocycles.